The largest absolute Gasteiger partial charge is 0.339 e. The minimum absolute atomic E-state index is 0.0492. The Bertz CT molecular complexity index is 986. The van der Waals surface area contributed by atoms with E-state index in [0.717, 1.165) is 41.5 Å². The van der Waals surface area contributed by atoms with Gasteiger partial charge in [-0.05, 0) is 61.2 Å². The lowest BCUT2D eigenvalue weighted by atomic mass is 9.98. The van der Waals surface area contributed by atoms with Crippen LogP contribution in [0.3, 0.4) is 0 Å². The molecule has 0 radical (unpaired) electrons. The van der Waals surface area contributed by atoms with Crippen LogP contribution in [0.25, 0.3) is 11.4 Å². The van der Waals surface area contributed by atoms with Gasteiger partial charge >= 0.3 is 6.03 Å². The van der Waals surface area contributed by atoms with E-state index in [1.54, 1.807) is 0 Å². The number of carbonyl (C=O) groups excluding carboxylic acids is 1. The molecule has 1 N–H and O–H groups in total. The molecule has 3 aromatic rings. The Kier molecular flexibility index (Phi) is 5.94. The summed E-state index contributed by atoms with van der Waals surface area (Å²) >= 11 is 3.43. The van der Waals surface area contributed by atoms with E-state index in [4.69, 9.17) is 4.52 Å². The second kappa shape index (κ2) is 8.78. The van der Waals surface area contributed by atoms with Crippen LogP contribution in [-0.4, -0.2) is 34.2 Å². The fourth-order valence-corrected chi connectivity index (χ4v) is 3.82. The first-order chi connectivity index (χ1) is 14.1. The molecule has 1 atom stereocenters. The lowest BCUT2D eigenvalue weighted by Gasteiger charge is -2.31. The maximum atomic E-state index is 12.7. The van der Waals surface area contributed by atoms with Crippen LogP contribution in [-0.2, 0) is 6.42 Å². The number of nitrogens with one attached hydrogen (secondary N) is 1. The van der Waals surface area contributed by atoms with Gasteiger partial charge in [0.25, 0.3) is 0 Å². The number of hydrogen-bond acceptors (Lipinski definition) is 4. The van der Waals surface area contributed by atoms with Crippen molar-refractivity contribution in [2.45, 2.75) is 32.1 Å². The van der Waals surface area contributed by atoms with Gasteiger partial charge in [-0.1, -0.05) is 40.1 Å². The normalized spacial score (nSPS) is 16.6. The highest BCUT2D eigenvalue weighted by molar-refractivity contribution is 9.10. The van der Waals surface area contributed by atoms with Gasteiger partial charge in [-0.3, -0.25) is 0 Å². The number of aryl methyl sites for hydroxylation is 1. The molecule has 2 amide bonds. The number of rotatable bonds is 4. The molecule has 1 aromatic heterocycles. The minimum Gasteiger partial charge on any atom is -0.339 e. The van der Waals surface area contributed by atoms with Crippen LogP contribution in [0, 0.1) is 0 Å². The number of piperidine rings is 1. The fraction of sp³-hybridized carbons (Fsp3) is 0.318. The Morgan fingerprint density at radius 3 is 2.90 bits per heavy atom. The number of amides is 2. The van der Waals surface area contributed by atoms with Crippen LogP contribution in [0.2, 0.25) is 0 Å². The molecule has 0 spiro atoms. The van der Waals surface area contributed by atoms with E-state index >= 15 is 0 Å². The standard InChI is InChI=1S/C22H23BrN4O2/c1-2-15-5-3-7-19(13-15)24-22(28)27-12-4-6-17(14-27)21-25-20(26-29-21)16-8-10-18(23)11-9-16/h3,5,7-11,13,17H,2,4,6,12,14H2,1H3,(H,24,28)/t17-/m0/s1. The maximum Gasteiger partial charge on any atom is 0.321 e. The van der Waals surface area contributed by atoms with Gasteiger partial charge < -0.3 is 14.7 Å². The molecule has 0 unspecified atom stereocenters. The summed E-state index contributed by atoms with van der Waals surface area (Å²) in [5.41, 5.74) is 2.93. The highest BCUT2D eigenvalue weighted by Crippen LogP contribution is 2.28. The van der Waals surface area contributed by atoms with Crippen molar-refractivity contribution in [2.75, 3.05) is 18.4 Å². The number of carbonyl (C=O) groups is 1. The van der Waals surface area contributed by atoms with Crippen LogP contribution in [0.5, 0.6) is 0 Å². The average molecular weight is 455 g/mol. The second-order valence-electron chi connectivity index (χ2n) is 7.23. The number of nitrogens with zero attached hydrogens (tertiary/aromatic N) is 3. The number of aromatic nitrogens is 2. The van der Waals surface area contributed by atoms with Crippen molar-refractivity contribution in [3.05, 3.63) is 64.5 Å². The summed E-state index contributed by atoms with van der Waals surface area (Å²) in [7, 11) is 0. The first kappa shape index (κ1) is 19.6. The molecule has 0 saturated carbocycles. The summed E-state index contributed by atoms with van der Waals surface area (Å²) in [6.45, 7) is 3.40. The van der Waals surface area contributed by atoms with E-state index < -0.39 is 0 Å². The molecular formula is C22H23BrN4O2. The SMILES string of the molecule is CCc1cccc(NC(=O)N2CCC[C@H](c3nc(-c4ccc(Br)cc4)no3)C2)c1. The van der Waals surface area contributed by atoms with E-state index in [1.807, 2.05) is 47.4 Å². The van der Waals surface area contributed by atoms with Crippen molar-refractivity contribution < 1.29 is 9.32 Å². The average Bonchev–Trinajstić information content (AvgIpc) is 3.25. The number of hydrogen-bond donors (Lipinski definition) is 1. The Balaban J connectivity index is 1.43. The molecule has 29 heavy (non-hydrogen) atoms. The zero-order chi connectivity index (χ0) is 20.2. The summed E-state index contributed by atoms with van der Waals surface area (Å²) in [5.74, 6) is 1.21. The first-order valence-electron chi connectivity index (χ1n) is 9.87. The Hall–Kier alpha value is -2.67. The van der Waals surface area contributed by atoms with Gasteiger partial charge in [0.1, 0.15) is 0 Å². The van der Waals surface area contributed by atoms with Crippen molar-refractivity contribution in [1.29, 1.82) is 0 Å². The lowest BCUT2D eigenvalue weighted by molar-refractivity contribution is 0.184. The first-order valence-corrected chi connectivity index (χ1v) is 10.7. The molecule has 1 aliphatic heterocycles. The van der Waals surface area contributed by atoms with Crippen LogP contribution < -0.4 is 5.32 Å². The summed E-state index contributed by atoms with van der Waals surface area (Å²) in [4.78, 5) is 19.2. The monoisotopic (exact) mass is 454 g/mol. The molecule has 1 saturated heterocycles. The van der Waals surface area contributed by atoms with E-state index in [0.29, 0.717) is 18.3 Å². The number of anilines is 1. The predicted octanol–water partition coefficient (Wildman–Crippen LogP) is 5.47. The quantitative estimate of drug-likeness (QED) is 0.566. The Morgan fingerprint density at radius 2 is 2.10 bits per heavy atom. The van der Waals surface area contributed by atoms with Gasteiger partial charge in [-0.25, -0.2) is 4.79 Å². The van der Waals surface area contributed by atoms with Gasteiger partial charge in [0.15, 0.2) is 0 Å². The Morgan fingerprint density at radius 1 is 1.28 bits per heavy atom. The van der Waals surface area contributed by atoms with Gasteiger partial charge in [0.05, 0.1) is 5.92 Å². The molecule has 1 aliphatic rings. The van der Waals surface area contributed by atoms with Crippen molar-refractivity contribution in [1.82, 2.24) is 15.0 Å². The number of likely N-dealkylation sites (tertiary alicyclic amines) is 1. The molecular weight excluding hydrogens is 432 g/mol. The number of benzene rings is 2. The summed E-state index contributed by atoms with van der Waals surface area (Å²) in [6.07, 6.45) is 2.77. The van der Waals surface area contributed by atoms with Crippen molar-refractivity contribution in [2.24, 2.45) is 0 Å². The van der Waals surface area contributed by atoms with Crippen LogP contribution in [0.15, 0.2) is 57.5 Å². The topological polar surface area (TPSA) is 71.3 Å². The maximum absolute atomic E-state index is 12.7. The zero-order valence-corrected chi connectivity index (χ0v) is 17.9. The molecule has 2 aromatic carbocycles. The zero-order valence-electron chi connectivity index (χ0n) is 16.3. The molecule has 6 nitrogen and oxygen atoms in total. The van der Waals surface area contributed by atoms with E-state index in [1.165, 1.54) is 5.56 Å². The molecule has 1 fully saturated rings. The van der Waals surface area contributed by atoms with Gasteiger partial charge in [0, 0.05) is 28.8 Å². The van der Waals surface area contributed by atoms with Gasteiger partial charge in [-0.15, -0.1) is 0 Å². The van der Waals surface area contributed by atoms with Crippen LogP contribution in [0.1, 0.15) is 37.1 Å². The van der Waals surface area contributed by atoms with E-state index in [9.17, 15) is 4.79 Å². The Labute approximate surface area is 178 Å². The highest BCUT2D eigenvalue weighted by Gasteiger charge is 2.28. The molecule has 0 aliphatic carbocycles. The lowest BCUT2D eigenvalue weighted by Crippen LogP contribution is -2.41. The highest BCUT2D eigenvalue weighted by atomic mass is 79.9. The van der Waals surface area contributed by atoms with Crippen molar-refractivity contribution >= 4 is 27.6 Å². The third-order valence-electron chi connectivity index (χ3n) is 5.19. The summed E-state index contributed by atoms with van der Waals surface area (Å²) < 4.78 is 6.54. The van der Waals surface area contributed by atoms with Crippen molar-refractivity contribution in [3.63, 3.8) is 0 Å². The van der Waals surface area contributed by atoms with Crippen LogP contribution in [0.4, 0.5) is 10.5 Å². The predicted molar refractivity (Wildman–Crippen MR) is 116 cm³/mol. The summed E-state index contributed by atoms with van der Waals surface area (Å²) in [6, 6.07) is 15.7. The second-order valence-corrected chi connectivity index (χ2v) is 8.15. The third kappa shape index (κ3) is 4.67. The van der Waals surface area contributed by atoms with E-state index in [2.05, 4.69) is 44.4 Å². The van der Waals surface area contributed by atoms with Crippen molar-refractivity contribution in [3.8, 4) is 11.4 Å². The molecule has 0 bridgehead atoms. The van der Waals surface area contributed by atoms with Gasteiger partial charge in [0.2, 0.25) is 11.7 Å². The van der Waals surface area contributed by atoms with E-state index in [-0.39, 0.29) is 11.9 Å². The molecule has 2 heterocycles. The van der Waals surface area contributed by atoms with Crippen LogP contribution >= 0.6 is 15.9 Å². The molecule has 7 heteroatoms. The molecule has 4 rings (SSSR count). The fourth-order valence-electron chi connectivity index (χ4n) is 3.55. The van der Waals surface area contributed by atoms with Gasteiger partial charge in [-0.2, -0.15) is 4.98 Å². The third-order valence-corrected chi connectivity index (χ3v) is 5.72. The smallest absolute Gasteiger partial charge is 0.321 e. The number of urea groups is 1. The number of halogens is 1. The summed E-state index contributed by atoms with van der Waals surface area (Å²) in [5, 5.41) is 7.14. The molecule has 150 valence electrons. The minimum atomic E-state index is -0.0874.